The summed E-state index contributed by atoms with van der Waals surface area (Å²) in [5, 5.41) is 0. The number of piperidine rings is 1. The third-order valence-electron chi connectivity index (χ3n) is 2.57. The molecule has 1 saturated heterocycles. The third kappa shape index (κ3) is 2.79. The Morgan fingerprint density at radius 2 is 2.08 bits per heavy atom. The lowest BCUT2D eigenvalue weighted by Gasteiger charge is -2.32. The van der Waals surface area contributed by atoms with Gasteiger partial charge in [-0.2, -0.15) is 0 Å². The van der Waals surface area contributed by atoms with Gasteiger partial charge in [-0.15, -0.1) is 0 Å². The predicted molar refractivity (Wildman–Crippen MR) is 53.8 cm³/mol. The van der Waals surface area contributed by atoms with E-state index in [2.05, 4.69) is 15.9 Å². The van der Waals surface area contributed by atoms with Gasteiger partial charge in [-0.25, -0.2) is 0 Å². The summed E-state index contributed by atoms with van der Waals surface area (Å²) in [4.78, 5) is 23.3. The molecule has 0 aromatic heterocycles. The molecule has 0 bridgehead atoms. The first kappa shape index (κ1) is 10.7. The molecule has 0 N–H and O–H groups in total. The highest BCUT2D eigenvalue weighted by Gasteiger charge is 2.25. The molecule has 1 heterocycles. The van der Waals surface area contributed by atoms with Crippen molar-refractivity contribution in [2.75, 3.05) is 13.1 Å². The van der Waals surface area contributed by atoms with E-state index < -0.39 is 0 Å². The van der Waals surface area contributed by atoms with Crippen molar-refractivity contribution < 1.29 is 9.59 Å². The number of carbonyl (C=O) groups is 2. The molecule has 0 radical (unpaired) electrons. The Kier molecular flexibility index (Phi) is 3.90. The lowest BCUT2D eigenvalue weighted by molar-refractivity contribution is -0.130. The molecule has 13 heavy (non-hydrogen) atoms. The molecule has 1 aliphatic rings. The number of alkyl halides is 1. The minimum Gasteiger partial charge on any atom is -0.343 e. The number of nitrogens with zero attached hydrogens (tertiary/aromatic N) is 1. The Balaban J connectivity index is 2.38. The molecule has 4 heteroatoms. The van der Waals surface area contributed by atoms with E-state index in [1.807, 2.05) is 4.90 Å². The van der Waals surface area contributed by atoms with E-state index in [0.717, 1.165) is 32.2 Å². The average Bonchev–Trinajstić information content (AvgIpc) is 2.17. The molecule has 3 nitrogen and oxygen atoms in total. The number of halogens is 1. The van der Waals surface area contributed by atoms with Gasteiger partial charge in [-0.05, 0) is 18.8 Å². The summed E-state index contributed by atoms with van der Waals surface area (Å²) in [5.41, 5.74) is 0. The summed E-state index contributed by atoms with van der Waals surface area (Å²) >= 11 is 3.32. The monoisotopic (exact) mass is 247 g/mol. The number of amides is 1. The van der Waals surface area contributed by atoms with Crippen molar-refractivity contribution in [2.24, 2.45) is 5.92 Å². The van der Waals surface area contributed by atoms with E-state index in [4.69, 9.17) is 0 Å². The number of hydrogen-bond donors (Lipinski definition) is 0. The molecular formula is C9H14BrNO2. The van der Waals surface area contributed by atoms with Crippen molar-refractivity contribution in [2.45, 2.75) is 24.6 Å². The van der Waals surface area contributed by atoms with Gasteiger partial charge in [0.15, 0.2) is 0 Å². The second kappa shape index (κ2) is 4.74. The van der Waals surface area contributed by atoms with Gasteiger partial charge in [-0.1, -0.05) is 15.9 Å². The maximum Gasteiger partial charge on any atom is 0.219 e. The summed E-state index contributed by atoms with van der Waals surface area (Å²) in [7, 11) is 0. The van der Waals surface area contributed by atoms with Crippen LogP contribution in [0.3, 0.4) is 0 Å². The van der Waals surface area contributed by atoms with E-state index in [0.29, 0.717) is 5.92 Å². The fourth-order valence-electron chi connectivity index (χ4n) is 1.64. The predicted octanol–water partition coefficient (Wildman–Crippen LogP) is 1.21. The van der Waals surface area contributed by atoms with Crippen molar-refractivity contribution >= 4 is 28.1 Å². The zero-order valence-electron chi connectivity index (χ0n) is 7.70. The Morgan fingerprint density at radius 1 is 1.54 bits per heavy atom. The number of aldehydes is 1. The normalized spacial score (nSPS) is 21.2. The second-order valence-electron chi connectivity index (χ2n) is 3.42. The summed E-state index contributed by atoms with van der Waals surface area (Å²) in [6.45, 7) is 3.16. The fraction of sp³-hybridized carbons (Fsp3) is 0.778. The number of carbonyl (C=O) groups excluding carboxylic acids is 2. The first-order valence-electron chi connectivity index (χ1n) is 4.50. The molecule has 1 unspecified atom stereocenters. The van der Waals surface area contributed by atoms with Gasteiger partial charge < -0.3 is 9.69 Å². The minimum atomic E-state index is -0.0402. The van der Waals surface area contributed by atoms with Crippen molar-refractivity contribution in [1.29, 1.82) is 0 Å². The molecule has 1 atom stereocenters. The Hall–Kier alpha value is -0.380. The van der Waals surface area contributed by atoms with Crippen LogP contribution in [0.25, 0.3) is 0 Å². The SMILES string of the molecule is CC(=O)N1CCC(C(Br)C=O)CC1. The van der Waals surface area contributed by atoms with E-state index in [9.17, 15) is 9.59 Å². The minimum absolute atomic E-state index is 0.0402. The summed E-state index contributed by atoms with van der Waals surface area (Å²) in [5.74, 6) is 0.531. The molecule has 1 fully saturated rings. The van der Waals surface area contributed by atoms with Gasteiger partial charge in [-0.3, -0.25) is 4.79 Å². The van der Waals surface area contributed by atoms with Crippen molar-refractivity contribution in [1.82, 2.24) is 4.90 Å². The molecule has 0 spiro atoms. The standard InChI is InChI=1S/C9H14BrNO2/c1-7(13)11-4-2-8(3-5-11)9(10)6-12/h6,8-9H,2-5H2,1H3. The maximum absolute atomic E-state index is 11.0. The zero-order valence-corrected chi connectivity index (χ0v) is 9.29. The Labute approximate surface area is 86.6 Å². The molecular weight excluding hydrogens is 234 g/mol. The molecule has 0 saturated carbocycles. The molecule has 1 aliphatic heterocycles. The lowest BCUT2D eigenvalue weighted by atomic mass is 9.94. The summed E-state index contributed by atoms with van der Waals surface area (Å²) in [6, 6.07) is 0. The van der Waals surface area contributed by atoms with Crippen LogP contribution in [0.1, 0.15) is 19.8 Å². The number of likely N-dealkylation sites (tertiary alicyclic amines) is 1. The fourth-order valence-corrected chi connectivity index (χ4v) is 2.17. The van der Waals surface area contributed by atoms with Crippen molar-refractivity contribution in [3.8, 4) is 0 Å². The van der Waals surface area contributed by atoms with Gasteiger partial charge in [0.25, 0.3) is 0 Å². The van der Waals surface area contributed by atoms with Crippen molar-refractivity contribution in [3.63, 3.8) is 0 Å². The van der Waals surface area contributed by atoms with Gasteiger partial charge in [0, 0.05) is 20.0 Å². The zero-order chi connectivity index (χ0) is 9.84. The Morgan fingerprint density at radius 3 is 2.46 bits per heavy atom. The first-order chi connectivity index (χ1) is 6.15. The molecule has 0 aliphatic carbocycles. The first-order valence-corrected chi connectivity index (χ1v) is 5.41. The van der Waals surface area contributed by atoms with Crippen LogP contribution >= 0.6 is 15.9 Å². The van der Waals surface area contributed by atoms with Crippen LogP contribution in [0.4, 0.5) is 0 Å². The molecule has 74 valence electrons. The van der Waals surface area contributed by atoms with Crippen LogP contribution in [0.15, 0.2) is 0 Å². The second-order valence-corrected chi connectivity index (χ2v) is 4.48. The number of rotatable bonds is 2. The van der Waals surface area contributed by atoms with Crippen LogP contribution < -0.4 is 0 Å². The van der Waals surface area contributed by atoms with E-state index in [1.54, 1.807) is 6.92 Å². The van der Waals surface area contributed by atoms with Crippen LogP contribution in [0.2, 0.25) is 0 Å². The van der Waals surface area contributed by atoms with Gasteiger partial charge in [0.2, 0.25) is 5.91 Å². The van der Waals surface area contributed by atoms with Crippen LogP contribution in [0, 0.1) is 5.92 Å². The highest BCUT2D eigenvalue weighted by atomic mass is 79.9. The Bertz CT molecular complexity index is 200. The highest BCUT2D eigenvalue weighted by Crippen LogP contribution is 2.23. The van der Waals surface area contributed by atoms with Crippen LogP contribution in [-0.4, -0.2) is 35.0 Å². The number of hydrogen-bond acceptors (Lipinski definition) is 2. The molecule has 1 rings (SSSR count). The molecule has 1 amide bonds. The average molecular weight is 248 g/mol. The highest BCUT2D eigenvalue weighted by molar-refractivity contribution is 9.09. The quantitative estimate of drug-likeness (QED) is 0.544. The van der Waals surface area contributed by atoms with Crippen molar-refractivity contribution in [3.05, 3.63) is 0 Å². The third-order valence-corrected chi connectivity index (χ3v) is 3.53. The van der Waals surface area contributed by atoms with Gasteiger partial charge in [0.1, 0.15) is 6.29 Å². The molecule has 0 aromatic rings. The van der Waals surface area contributed by atoms with Gasteiger partial charge in [0.05, 0.1) is 4.83 Å². The largest absolute Gasteiger partial charge is 0.343 e. The molecule has 0 aromatic carbocycles. The van der Waals surface area contributed by atoms with E-state index in [1.165, 1.54) is 0 Å². The lowest BCUT2D eigenvalue weighted by Crippen LogP contribution is -2.39. The van der Waals surface area contributed by atoms with E-state index >= 15 is 0 Å². The van der Waals surface area contributed by atoms with E-state index in [-0.39, 0.29) is 10.7 Å². The van der Waals surface area contributed by atoms with Gasteiger partial charge >= 0.3 is 0 Å². The van der Waals surface area contributed by atoms with Crippen LogP contribution in [0.5, 0.6) is 0 Å². The van der Waals surface area contributed by atoms with Crippen LogP contribution in [-0.2, 0) is 9.59 Å². The summed E-state index contributed by atoms with van der Waals surface area (Å²) < 4.78 is 0. The summed E-state index contributed by atoms with van der Waals surface area (Å²) in [6.07, 6.45) is 2.79. The topological polar surface area (TPSA) is 37.4 Å². The maximum atomic E-state index is 11.0. The smallest absolute Gasteiger partial charge is 0.219 e.